The number of rotatable bonds is 9. The van der Waals surface area contributed by atoms with Crippen molar-refractivity contribution >= 4 is 11.7 Å². The first-order chi connectivity index (χ1) is 21.1. The van der Waals surface area contributed by atoms with E-state index in [9.17, 15) is 14.7 Å². The Bertz CT molecular complexity index is 1620. The third kappa shape index (κ3) is 5.76. The molecule has 8 nitrogen and oxygen atoms in total. The lowest BCUT2D eigenvalue weighted by Gasteiger charge is -2.40. The zero-order chi connectivity index (χ0) is 29.6. The minimum Gasteiger partial charge on any atom is -0.394 e. The molecule has 0 saturated carbocycles. The smallest absolute Gasteiger partial charge is 0.351 e. The summed E-state index contributed by atoms with van der Waals surface area (Å²) < 4.78 is 7.66. The molecule has 216 valence electrons. The van der Waals surface area contributed by atoms with Gasteiger partial charge in [-0.1, -0.05) is 109 Å². The number of hydrogen-bond donors (Lipinski definition) is 3. The Morgan fingerprint density at radius 2 is 1.33 bits per heavy atom. The molecule has 6 rings (SSSR count). The van der Waals surface area contributed by atoms with Crippen molar-refractivity contribution < 1.29 is 14.6 Å². The van der Waals surface area contributed by atoms with Crippen molar-refractivity contribution in [3.63, 3.8) is 0 Å². The van der Waals surface area contributed by atoms with Crippen LogP contribution in [0, 0.1) is 0 Å². The fourth-order valence-electron chi connectivity index (χ4n) is 5.79. The van der Waals surface area contributed by atoms with Gasteiger partial charge in [-0.2, -0.15) is 4.98 Å². The van der Waals surface area contributed by atoms with Gasteiger partial charge in [0.05, 0.1) is 18.2 Å². The number of nitrogens with one attached hydrogen (secondary N) is 2. The number of carbonyl (C=O) groups is 1. The Kier molecular flexibility index (Phi) is 8.24. The Balaban J connectivity index is 1.32. The van der Waals surface area contributed by atoms with E-state index in [1.54, 1.807) is 36.5 Å². The molecule has 8 heteroatoms. The van der Waals surface area contributed by atoms with Crippen LogP contribution in [0.15, 0.2) is 138 Å². The molecule has 1 amide bonds. The van der Waals surface area contributed by atoms with Gasteiger partial charge >= 0.3 is 5.69 Å². The number of benzene rings is 4. The maximum atomic E-state index is 13.1. The molecule has 0 radical (unpaired) electrons. The van der Waals surface area contributed by atoms with Crippen molar-refractivity contribution in [1.29, 1.82) is 0 Å². The van der Waals surface area contributed by atoms with Gasteiger partial charge in [0.1, 0.15) is 12.0 Å². The number of aliphatic hydroxyl groups is 1. The number of amides is 1. The molecule has 43 heavy (non-hydrogen) atoms. The molecule has 0 aliphatic carbocycles. The van der Waals surface area contributed by atoms with Crippen LogP contribution in [0.1, 0.15) is 39.7 Å². The first kappa shape index (κ1) is 28.2. The molecular weight excluding hydrogens is 540 g/mol. The van der Waals surface area contributed by atoms with Gasteiger partial charge in [-0.15, -0.1) is 0 Å². The summed E-state index contributed by atoms with van der Waals surface area (Å²) in [5.41, 5.74) is 2.23. The van der Waals surface area contributed by atoms with Crippen LogP contribution in [0.25, 0.3) is 0 Å². The lowest BCUT2D eigenvalue weighted by molar-refractivity contribution is -0.0299. The summed E-state index contributed by atoms with van der Waals surface area (Å²) in [5.74, 6) is -0.205. The molecule has 1 saturated heterocycles. The third-order valence-corrected chi connectivity index (χ3v) is 7.86. The maximum Gasteiger partial charge on any atom is 0.351 e. The van der Waals surface area contributed by atoms with Gasteiger partial charge in [0.15, 0.2) is 0 Å². The second-order valence-electron chi connectivity index (χ2n) is 10.5. The zero-order valence-electron chi connectivity index (χ0n) is 23.4. The first-order valence-corrected chi connectivity index (χ1v) is 14.2. The predicted molar refractivity (Wildman–Crippen MR) is 165 cm³/mol. The van der Waals surface area contributed by atoms with E-state index in [1.165, 1.54) is 4.57 Å². The largest absolute Gasteiger partial charge is 0.394 e. The SMILES string of the molecule is O=C(Nc1ccn([C@H]2CC(NC(c3ccccc3)(c3ccccc3)c3ccccc3)[C@@H](CO)O2)c(=O)n1)c1ccccc1. The molecule has 1 aromatic heterocycles. The van der Waals surface area contributed by atoms with Gasteiger partial charge in [0.2, 0.25) is 0 Å². The minimum atomic E-state index is -0.769. The Hall–Kier alpha value is -4.89. The average molecular weight is 573 g/mol. The van der Waals surface area contributed by atoms with E-state index in [1.807, 2.05) is 60.7 Å². The van der Waals surface area contributed by atoms with E-state index in [4.69, 9.17) is 4.74 Å². The van der Waals surface area contributed by atoms with Crippen molar-refractivity contribution in [2.24, 2.45) is 0 Å². The molecule has 1 fully saturated rings. The highest BCUT2D eigenvalue weighted by atomic mass is 16.5. The Morgan fingerprint density at radius 3 is 1.81 bits per heavy atom. The predicted octanol–water partition coefficient (Wildman–Crippen LogP) is 4.73. The van der Waals surface area contributed by atoms with Gasteiger partial charge in [0.25, 0.3) is 5.91 Å². The topological polar surface area (TPSA) is 105 Å². The summed E-state index contributed by atoms with van der Waals surface area (Å²) in [6.07, 6.45) is 0.700. The van der Waals surface area contributed by atoms with Crippen molar-refractivity contribution in [3.05, 3.63) is 166 Å². The fraction of sp³-hybridized carbons (Fsp3) is 0.171. The second-order valence-corrected chi connectivity index (χ2v) is 10.5. The van der Waals surface area contributed by atoms with E-state index >= 15 is 0 Å². The van der Waals surface area contributed by atoms with Gasteiger partial charge < -0.3 is 15.2 Å². The molecular formula is C35H32N4O4. The molecule has 4 aromatic carbocycles. The van der Waals surface area contributed by atoms with Crippen LogP contribution in [0.4, 0.5) is 5.82 Å². The number of anilines is 1. The lowest BCUT2D eigenvalue weighted by atomic mass is 9.76. The fourth-order valence-corrected chi connectivity index (χ4v) is 5.79. The third-order valence-electron chi connectivity index (χ3n) is 7.86. The summed E-state index contributed by atoms with van der Waals surface area (Å²) in [7, 11) is 0. The van der Waals surface area contributed by atoms with E-state index in [0.717, 1.165) is 16.7 Å². The summed E-state index contributed by atoms with van der Waals surface area (Å²) in [4.78, 5) is 29.8. The van der Waals surface area contributed by atoms with Gasteiger partial charge in [-0.05, 0) is 34.9 Å². The average Bonchev–Trinajstić information content (AvgIpc) is 3.47. The van der Waals surface area contributed by atoms with E-state index in [0.29, 0.717) is 12.0 Å². The molecule has 0 spiro atoms. The molecule has 3 atom stereocenters. The number of nitrogens with zero attached hydrogens (tertiary/aromatic N) is 2. The Labute approximate surface area is 249 Å². The monoisotopic (exact) mass is 572 g/mol. The molecule has 3 N–H and O–H groups in total. The summed E-state index contributed by atoms with van der Waals surface area (Å²) >= 11 is 0. The van der Waals surface area contributed by atoms with E-state index in [-0.39, 0.29) is 24.4 Å². The molecule has 5 aromatic rings. The first-order valence-electron chi connectivity index (χ1n) is 14.2. The highest BCUT2D eigenvalue weighted by Crippen LogP contribution is 2.40. The number of aromatic nitrogens is 2. The van der Waals surface area contributed by atoms with Gasteiger partial charge in [-0.3, -0.25) is 14.7 Å². The van der Waals surface area contributed by atoms with Crippen LogP contribution < -0.4 is 16.3 Å². The highest BCUT2D eigenvalue weighted by molar-refractivity contribution is 6.03. The summed E-state index contributed by atoms with van der Waals surface area (Å²) in [5, 5.41) is 17.0. The molecule has 1 unspecified atom stereocenters. The van der Waals surface area contributed by atoms with Crippen LogP contribution in [0.5, 0.6) is 0 Å². The minimum absolute atomic E-state index is 0.151. The molecule has 1 aliphatic rings. The zero-order valence-corrected chi connectivity index (χ0v) is 23.4. The highest BCUT2D eigenvalue weighted by Gasteiger charge is 2.44. The number of aliphatic hydroxyl groups excluding tert-OH is 1. The maximum absolute atomic E-state index is 13.1. The van der Waals surface area contributed by atoms with Gasteiger partial charge in [-0.25, -0.2) is 4.79 Å². The Morgan fingerprint density at radius 1 is 0.814 bits per heavy atom. The van der Waals surface area contributed by atoms with Crippen LogP contribution in [-0.2, 0) is 10.3 Å². The number of carbonyl (C=O) groups excluding carboxylic acids is 1. The van der Waals surface area contributed by atoms with E-state index < -0.39 is 23.6 Å². The molecule has 0 bridgehead atoms. The van der Waals surface area contributed by atoms with Crippen molar-refractivity contribution in [2.75, 3.05) is 11.9 Å². The van der Waals surface area contributed by atoms with Crippen LogP contribution >= 0.6 is 0 Å². The summed E-state index contributed by atoms with van der Waals surface area (Å²) in [6.45, 7) is -0.240. The van der Waals surface area contributed by atoms with E-state index in [2.05, 4.69) is 52.0 Å². The van der Waals surface area contributed by atoms with Crippen molar-refractivity contribution in [2.45, 2.75) is 30.3 Å². The number of ether oxygens (including phenoxy) is 1. The molecule has 1 aliphatic heterocycles. The van der Waals surface area contributed by atoms with Crippen LogP contribution in [0.2, 0.25) is 0 Å². The lowest BCUT2D eigenvalue weighted by Crippen LogP contribution is -2.53. The van der Waals surface area contributed by atoms with Crippen molar-refractivity contribution in [3.8, 4) is 0 Å². The van der Waals surface area contributed by atoms with Crippen molar-refractivity contribution in [1.82, 2.24) is 14.9 Å². The quantitative estimate of drug-likeness (QED) is 0.221. The number of hydrogen-bond acceptors (Lipinski definition) is 6. The van der Waals surface area contributed by atoms with Gasteiger partial charge in [0, 0.05) is 24.2 Å². The standard InChI is InChI=1S/C35H32N4O4/c40-24-30-29(23-32(43-30)39-22-21-31(37-34(39)42)36-33(41)25-13-5-1-6-14-25)38-35(26-15-7-2-8-16-26,27-17-9-3-10-18-27)28-19-11-4-12-20-28/h1-22,29-30,32,38,40H,23-24H2,(H,36,37,41,42)/t29?,30-,32-/m1/s1. The normalized spacial score (nSPS) is 18.3. The second kappa shape index (κ2) is 12.5. The van der Waals surface area contributed by atoms with Crippen LogP contribution in [0.3, 0.4) is 0 Å². The van der Waals surface area contributed by atoms with Crippen LogP contribution in [-0.4, -0.2) is 39.3 Å². The summed E-state index contributed by atoms with van der Waals surface area (Å²) in [6, 6.07) is 40.5. The molecule has 2 heterocycles.